The number of fused-ring (bicyclic) bond motifs is 2. The summed E-state index contributed by atoms with van der Waals surface area (Å²) in [6.45, 7) is 8.78. The van der Waals surface area contributed by atoms with Gasteiger partial charge in [0.1, 0.15) is 11.5 Å². The van der Waals surface area contributed by atoms with E-state index >= 15 is 0 Å². The van der Waals surface area contributed by atoms with Crippen LogP contribution in [0.15, 0.2) is 36.4 Å². The molecule has 144 valence electrons. The molecule has 0 unspecified atom stereocenters. The highest BCUT2D eigenvalue weighted by Crippen LogP contribution is 2.49. The van der Waals surface area contributed by atoms with Gasteiger partial charge in [-0.1, -0.05) is 32.9 Å². The zero-order chi connectivity index (χ0) is 19.0. The van der Waals surface area contributed by atoms with Crippen molar-refractivity contribution in [1.82, 2.24) is 4.90 Å². The van der Waals surface area contributed by atoms with Crippen molar-refractivity contribution in [2.75, 3.05) is 27.0 Å². The van der Waals surface area contributed by atoms with E-state index in [1.165, 1.54) is 5.56 Å². The second-order valence-corrected chi connectivity index (χ2v) is 7.08. The minimum Gasteiger partial charge on any atom is -0.497 e. The molecule has 0 spiro atoms. The van der Waals surface area contributed by atoms with Gasteiger partial charge in [-0.2, -0.15) is 0 Å². The van der Waals surface area contributed by atoms with E-state index in [9.17, 15) is 0 Å². The van der Waals surface area contributed by atoms with E-state index in [0.717, 1.165) is 41.7 Å². The zero-order valence-corrected chi connectivity index (χ0v) is 16.4. The first-order chi connectivity index (χ1) is 13.2. The summed E-state index contributed by atoms with van der Waals surface area (Å²) in [6.07, 6.45) is 0.0139. The van der Waals surface area contributed by atoms with Crippen LogP contribution in [0.4, 0.5) is 0 Å². The normalized spacial score (nSPS) is 23.1. The van der Waals surface area contributed by atoms with Crippen LogP contribution in [0.25, 0.3) is 0 Å². The lowest BCUT2D eigenvalue weighted by molar-refractivity contribution is -0.0257. The average Bonchev–Trinajstić information content (AvgIpc) is 3.15. The predicted molar refractivity (Wildman–Crippen MR) is 104 cm³/mol. The summed E-state index contributed by atoms with van der Waals surface area (Å²) in [5.41, 5.74) is 2.41. The maximum absolute atomic E-state index is 6.48. The van der Waals surface area contributed by atoms with Crippen molar-refractivity contribution in [3.8, 4) is 23.0 Å². The molecule has 2 aliphatic rings. The van der Waals surface area contributed by atoms with Gasteiger partial charge in [-0.05, 0) is 36.9 Å². The number of benzene rings is 2. The van der Waals surface area contributed by atoms with Crippen LogP contribution in [0, 0.1) is 5.92 Å². The highest BCUT2D eigenvalue weighted by atomic mass is 16.7. The lowest BCUT2D eigenvalue weighted by atomic mass is 9.78. The summed E-state index contributed by atoms with van der Waals surface area (Å²) < 4.78 is 23.0. The molecule has 0 N–H and O–H groups in total. The highest BCUT2D eigenvalue weighted by Gasteiger charge is 2.40. The van der Waals surface area contributed by atoms with Crippen LogP contribution in [-0.2, 0) is 0 Å². The molecule has 2 aromatic carbocycles. The molecule has 0 saturated carbocycles. The van der Waals surface area contributed by atoms with Gasteiger partial charge in [0.05, 0.1) is 7.11 Å². The fourth-order valence-electron chi connectivity index (χ4n) is 4.25. The molecule has 0 aliphatic carbocycles. The van der Waals surface area contributed by atoms with Crippen molar-refractivity contribution >= 4 is 0 Å². The standard InChI is InChI=1S/C22H27NO4/c1-5-23(6-2)22-14(3)21(15-7-9-16(24-4)10-8-15)17-11-19-20(26-13-25-19)12-18(17)27-22/h7-12,14,21-22H,5-6,13H2,1-4H3/t14-,21+,22+/m0/s1. The van der Waals surface area contributed by atoms with E-state index < -0.39 is 0 Å². The lowest BCUT2D eigenvalue weighted by Gasteiger charge is -2.43. The number of rotatable bonds is 5. The fourth-order valence-corrected chi connectivity index (χ4v) is 4.25. The van der Waals surface area contributed by atoms with E-state index in [1.54, 1.807) is 7.11 Å². The van der Waals surface area contributed by atoms with Gasteiger partial charge in [0.2, 0.25) is 6.79 Å². The summed E-state index contributed by atoms with van der Waals surface area (Å²) >= 11 is 0. The van der Waals surface area contributed by atoms with Crippen LogP contribution < -0.4 is 18.9 Å². The smallest absolute Gasteiger partial charge is 0.231 e. The molecule has 5 heteroatoms. The molecule has 27 heavy (non-hydrogen) atoms. The first kappa shape index (κ1) is 18.0. The van der Waals surface area contributed by atoms with Crippen LogP contribution in [0.3, 0.4) is 0 Å². The number of ether oxygens (including phenoxy) is 4. The van der Waals surface area contributed by atoms with Crippen molar-refractivity contribution in [3.63, 3.8) is 0 Å². The fraction of sp³-hybridized carbons (Fsp3) is 0.455. The molecule has 2 aliphatic heterocycles. The Labute approximate surface area is 160 Å². The summed E-state index contributed by atoms with van der Waals surface area (Å²) in [7, 11) is 1.69. The number of hydrogen-bond acceptors (Lipinski definition) is 5. The second kappa shape index (κ2) is 7.31. The molecule has 0 saturated heterocycles. The summed E-state index contributed by atoms with van der Waals surface area (Å²) in [5.74, 6) is 3.80. The predicted octanol–water partition coefficient (Wildman–Crippen LogP) is 4.25. The molecule has 2 aromatic rings. The van der Waals surface area contributed by atoms with Gasteiger partial charge >= 0.3 is 0 Å². The third-order valence-corrected chi connectivity index (χ3v) is 5.71. The minimum absolute atomic E-state index is 0.0139. The molecule has 0 fully saturated rings. The van der Waals surface area contributed by atoms with E-state index in [2.05, 4.69) is 43.9 Å². The molecule has 0 radical (unpaired) electrons. The molecular formula is C22H27NO4. The number of hydrogen-bond donors (Lipinski definition) is 0. The third-order valence-electron chi connectivity index (χ3n) is 5.71. The highest BCUT2D eigenvalue weighted by molar-refractivity contribution is 5.56. The summed E-state index contributed by atoms with van der Waals surface area (Å²) in [5, 5.41) is 0. The molecule has 0 amide bonds. The van der Waals surface area contributed by atoms with Crippen LogP contribution >= 0.6 is 0 Å². The maximum Gasteiger partial charge on any atom is 0.231 e. The molecular weight excluding hydrogens is 342 g/mol. The van der Waals surface area contributed by atoms with Crippen LogP contribution in [0.2, 0.25) is 0 Å². The molecule has 0 bridgehead atoms. The van der Waals surface area contributed by atoms with Crippen molar-refractivity contribution in [2.24, 2.45) is 5.92 Å². The van der Waals surface area contributed by atoms with E-state index in [1.807, 2.05) is 18.2 Å². The first-order valence-corrected chi connectivity index (χ1v) is 9.64. The van der Waals surface area contributed by atoms with Crippen molar-refractivity contribution in [1.29, 1.82) is 0 Å². The van der Waals surface area contributed by atoms with Crippen LogP contribution in [0.5, 0.6) is 23.0 Å². The largest absolute Gasteiger partial charge is 0.497 e. The maximum atomic E-state index is 6.48. The SMILES string of the molecule is CCN(CC)[C@@H]1Oc2cc3c(cc2[C@@H](c2ccc(OC)cc2)[C@@H]1C)OCO3. The van der Waals surface area contributed by atoms with E-state index in [0.29, 0.717) is 0 Å². The van der Waals surface area contributed by atoms with Crippen molar-refractivity contribution < 1.29 is 18.9 Å². The number of nitrogens with zero attached hydrogens (tertiary/aromatic N) is 1. The Balaban J connectivity index is 1.81. The average molecular weight is 369 g/mol. The van der Waals surface area contributed by atoms with Gasteiger partial charge in [-0.3, -0.25) is 4.90 Å². The molecule has 2 heterocycles. The van der Waals surface area contributed by atoms with Gasteiger partial charge in [-0.15, -0.1) is 0 Å². The monoisotopic (exact) mass is 369 g/mol. The topological polar surface area (TPSA) is 40.2 Å². The Morgan fingerprint density at radius 3 is 2.30 bits per heavy atom. The Hall–Kier alpha value is -2.40. The molecule has 3 atom stereocenters. The molecule has 0 aromatic heterocycles. The van der Waals surface area contributed by atoms with Gasteiger partial charge in [0.15, 0.2) is 17.7 Å². The number of methoxy groups -OCH3 is 1. The Kier molecular flexibility index (Phi) is 4.87. The lowest BCUT2D eigenvalue weighted by Crippen LogP contribution is -2.48. The summed E-state index contributed by atoms with van der Waals surface area (Å²) in [4.78, 5) is 2.37. The minimum atomic E-state index is 0.0139. The van der Waals surface area contributed by atoms with Gasteiger partial charge in [0, 0.05) is 23.5 Å². The van der Waals surface area contributed by atoms with Crippen LogP contribution in [0.1, 0.15) is 37.8 Å². The summed E-state index contributed by atoms with van der Waals surface area (Å²) in [6, 6.07) is 12.4. The Bertz CT molecular complexity index is 801. The van der Waals surface area contributed by atoms with Crippen molar-refractivity contribution in [2.45, 2.75) is 32.9 Å². The van der Waals surface area contributed by atoms with Gasteiger partial charge < -0.3 is 18.9 Å². The zero-order valence-electron chi connectivity index (χ0n) is 16.4. The Morgan fingerprint density at radius 2 is 1.67 bits per heavy atom. The second-order valence-electron chi connectivity index (χ2n) is 7.08. The van der Waals surface area contributed by atoms with Crippen molar-refractivity contribution in [3.05, 3.63) is 47.5 Å². The van der Waals surface area contributed by atoms with E-state index in [4.69, 9.17) is 18.9 Å². The molecule has 4 rings (SSSR count). The molecule has 5 nitrogen and oxygen atoms in total. The Morgan fingerprint density at radius 1 is 1.00 bits per heavy atom. The third kappa shape index (κ3) is 3.10. The van der Waals surface area contributed by atoms with Gasteiger partial charge in [-0.25, -0.2) is 0 Å². The first-order valence-electron chi connectivity index (χ1n) is 9.64. The quantitative estimate of drug-likeness (QED) is 0.788. The van der Waals surface area contributed by atoms with Gasteiger partial charge in [0.25, 0.3) is 0 Å². The van der Waals surface area contributed by atoms with Crippen LogP contribution in [-0.4, -0.2) is 38.1 Å². The van der Waals surface area contributed by atoms with E-state index in [-0.39, 0.29) is 24.9 Å².